The van der Waals surface area contributed by atoms with E-state index in [-0.39, 0.29) is 24.3 Å². The number of benzene rings is 2. The normalized spacial score (nSPS) is 14.1. The Labute approximate surface area is 188 Å². The van der Waals surface area contributed by atoms with E-state index in [1.165, 1.54) is 0 Å². The van der Waals surface area contributed by atoms with Crippen molar-refractivity contribution < 1.29 is 14.3 Å². The van der Waals surface area contributed by atoms with Gasteiger partial charge in [-0.25, -0.2) is 0 Å². The van der Waals surface area contributed by atoms with Gasteiger partial charge in [0.1, 0.15) is 5.75 Å². The molecule has 0 saturated carbocycles. The van der Waals surface area contributed by atoms with Crippen LogP contribution in [0.2, 0.25) is 0 Å². The van der Waals surface area contributed by atoms with E-state index >= 15 is 0 Å². The molecule has 6 nitrogen and oxygen atoms in total. The molecule has 0 bridgehead atoms. The number of piperidine rings is 1. The Morgan fingerprint density at radius 2 is 1.78 bits per heavy atom. The number of hydrogen-bond acceptors (Lipinski definition) is 4. The molecule has 32 heavy (non-hydrogen) atoms. The molecule has 2 aromatic carbocycles. The fraction of sp³-hybridized carbons (Fsp3) is 0.269. The maximum atomic E-state index is 12.9. The highest BCUT2D eigenvalue weighted by molar-refractivity contribution is 5.94. The number of carbonyl (C=O) groups excluding carboxylic acids is 2. The first kappa shape index (κ1) is 21.6. The van der Waals surface area contributed by atoms with Crippen LogP contribution in [0, 0.1) is 0 Å². The molecule has 4 rings (SSSR count). The molecule has 1 saturated heterocycles. The smallest absolute Gasteiger partial charge is 0.253 e. The zero-order chi connectivity index (χ0) is 22.3. The van der Waals surface area contributed by atoms with Crippen LogP contribution in [0.4, 0.5) is 0 Å². The fourth-order valence-corrected chi connectivity index (χ4v) is 3.96. The van der Waals surface area contributed by atoms with E-state index in [2.05, 4.69) is 10.3 Å². The minimum atomic E-state index is -0.0263. The molecule has 164 valence electrons. The molecule has 0 spiro atoms. The highest BCUT2D eigenvalue weighted by Gasteiger charge is 2.24. The van der Waals surface area contributed by atoms with Gasteiger partial charge in [-0.15, -0.1) is 0 Å². The van der Waals surface area contributed by atoms with Crippen LogP contribution in [0.5, 0.6) is 5.75 Å². The molecule has 0 atom stereocenters. The summed E-state index contributed by atoms with van der Waals surface area (Å²) in [6.07, 6.45) is 3.47. The van der Waals surface area contributed by atoms with Crippen LogP contribution < -0.4 is 10.1 Å². The highest BCUT2D eigenvalue weighted by atomic mass is 16.5. The van der Waals surface area contributed by atoms with Crippen LogP contribution in [0.15, 0.2) is 72.9 Å². The summed E-state index contributed by atoms with van der Waals surface area (Å²) in [4.78, 5) is 31.3. The van der Waals surface area contributed by atoms with E-state index in [1.807, 2.05) is 71.6 Å². The van der Waals surface area contributed by atoms with Crippen molar-refractivity contribution in [2.45, 2.75) is 25.3 Å². The summed E-state index contributed by atoms with van der Waals surface area (Å²) in [5.41, 5.74) is 3.52. The molecule has 0 unspecified atom stereocenters. The fourth-order valence-electron chi connectivity index (χ4n) is 3.96. The first-order valence-corrected chi connectivity index (χ1v) is 10.9. The Morgan fingerprint density at radius 1 is 1.00 bits per heavy atom. The molecule has 1 aromatic heterocycles. The molecular formula is C26H27N3O3. The second-order valence-electron chi connectivity index (χ2n) is 7.94. The molecule has 1 aliphatic rings. The van der Waals surface area contributed by atoms with Crippen molar-refractivity contribution in [3.8, 4) is 16.9 Å². The number of ether oxygens (including phenoxy) is 1. The van der Waals surface area contributed by atoms with Gasteiger partial charge < -0.3 is 15.0 Å². The largest absolute Gasteiger partial charge is 0.497 e. The second-order valence-corrected chi connectivity index (χ2v) is 7.94. The monoisotopic (exact) mass is 429 g/mol. The van der Waals surface area contributed by atoms with Crippen molar-refractivity contribution in [1.29, 1.82) is 0 Å². The lowest BCUT2D eigenvalue weighted by molar-refractivity contribution is -0.121. The van der Waals surface area contributed by atoms with Crippen molar-refractivity contribution in [2.75, 3.05) is 20.2 Å². The van der Waals surface area contributed by atoms with E-state index in [1.54, 1.807) is 13.3 Å². The predicted octanol–water partition coefficient (Wildman–Crippen LogP) is 3.72. The molecule has 2 amide bonds. The van der Waals surface area contributed by atoms with Gasteiger partial charge in [0, 0.05) is 36.6 Å². The number of aromatic nitrogens is 1. The van der Waals surface area contributed by atoms with Crippen molar-refractivity contribution in [1.82, 2.24) is 15.2 Å². The summed E-state index contributed by atoms with van der Waals surface area (Å²) in [5.74, 6) is 0.805. The molecule has 1 N–H and O–H groups in total. The van der Waals surface area contributed by atoms with Crippen molar-refractivity contribution in [3.05, 3.63) is 84.2 Å². The van der Waals surface area contributed by atoms with E-state index < -0.39 is 0 Å². The number of carbonyl (C=O) groups is 2. The topological polar surface area (TPSA) is 71.5 Å². The Morgan fingerprint density at radius 3 is 2.47 bits per heavy atom. The van der Waals surface area contributed by atoms with Gasteiger partial charge in [0.25, 0.3) is 5.91 Å². The molecule has 3 aromatic rings. The van der Waals surface area contributed by atoms with Gasteiger partial charge in [-0.3, -0.25) is 14.6 Å². The van der Waals surface area contributed by atoms with E-state index in [4.69, 9.17) is 4.74 Å². The van der Waals surface area contributed by atoms with Crippen molar-refractivity contribution >= 4 is 11.8 Å². The molecule has 2 heterocycles. The summed E-state index contributed by atoms with van der Waals surface area (Å²) >= 11 is 0. The summed E-state index contributed by atoms with van der Waals surface area (Å²) in [6.45, 7) is 1.26. The number of nitrogens with one attached hydrogen (secondary N) is 1. The first-order valence-electron chi connectivity index (χ1n) is 10.9. The lowest BCUT2D eigenvalue weighted by Gasteiger charge is -2.32. The third-order valence-electron chi connectivity index (χ3n) is 5.75. The third kappa shape index (κ3) is 5.32. The number of nitrogens with zero attached hydrogens (tertiary/aromatic N) is 2. The van der Waals surface area contributed by atoms with Gasteiger partial charge >= 0.3 is 0 Å². The zero-order valence-corrected chi connectivity index (χ0v) is 18.2. The average molecular weight is 430 g/mol. The van der Waals surface area contributed by atoms with Crippen LogP contribution in [0.25, 0.3) is 11.1 Å². The Bertz CT molecular complexity index is 1060. The van der Waals surface area contributed by atoms with E-state index in [0.717, 1.165) is 35.4 Å². The average Bonchev–Trinajstić information content (AvgIpc) is 2.85. The number of pyridine rings is 1. The number of hydrogen-bond donors (Lipinski definition) is 1. The number of likely N-dealkylation sites (tertiary alicyclic amines) is 1. The summed E-state index contributed by atoms with van der Waals surface area (Å²) in [6, 6.07) is 21.2. The van der Waals surface area contributed by atoms with Crippen LogP contribution in [0.3, 0.4) is 0 Å². The zero-order valence-electron chi connectivity index (χ0n) is 18.2. The summed E-state index contributed by atoms with van der Waals surface area (Å²) < 4.78 is 5.29. The van der Waals surface area contributed by atoms with Gasteiger partial charge in [-0.1, -0.05) is 30.3 Å². The Balaban J connectivity index is 1.30. The molecule has 0 aliphatic carbocycles. The van der Waals surface area contributed by atoms with Crippen LogP contribution in [-0.2, 0) is 11.2 Å². The van der Waals surface area contributed by atoms with E-state index in [0.29, 0.717) is 18.7 Å². The first-order chi connectivity index (χ1) is 15.6. The molecule has 1 aliphatic heterocycles. The standard InChI is InChI=1S/C26H27N3O3/c1-32-24-7-4-5-21(17-24)19-8-10-20(11-9-19)26(31)29-15-12-22(13-16-29)28-25(30)18-23-6-2-3-14-27-23/h2-11,14,17,22H,12-13,15-16,18H2,1H3,(H,28,30). The van der Waals surface area contributed by atoms with Crippen molar-refractivity contribution in [2.24, 2.45) is 0 Å². The second kappa shape index (κ2) is 10.1. The van der Waals surface area contributed by atoms with E-state index in [9.17, 15) is 9.59 Å². The number of amides is 2. The Kier molecular flexibility index (Phi) is 6.80. The molecular weight excluding hydrogens is 402 g/mol. The lowest BCUT2D eigenvalue weighted by atomic mass is 10.0. The third-order valence-corrected chi connectivity index (χ3v) is 5.75. The van der Waals surface area contributed by atoms with Crippen LogP contribution >= 0.6 is 0 Å². The predicted molar refractivity (Wildman–Crippen MR) is 123 cm³/mol. The van der Waals surface area contributed by atoms with Gasteiger partial charge in [0.05, 0.1) is 13.5 Å². The van der Waals surface area contributed by atoms with Gasteiger partial charge in [0.15, 0.2) is 0 Å². The quantitative estimate of drug-likeness (QED) is 0.648. The molecule has 6 heteroatoms. The van der Waals surface area contributed by atoms with Crippen LogP contribution in [0.1, 0.15) is 28.9 Å². The van der Waals surface area contributed by atoms with Gasteiger partial charge in [0.2, 0.25) is 5.91 Å². The number of rotatable bonds is 6. The number of methoxy groups -OCH3 is 1. The van der Waals surface area contributed by atoms with Gasteiger partial charge in [-0.05, 0) is 60.4 Å². The maximum Gasteiger partial charge on any atom is 0.253 e. The maximum absolute atomic E-state index is 12.9. The molecule has 0 radical (unpaired) electrons. The SMILES string of the molecule is COc1cccc(-c2ccc(C(=O)N3CCC(NC(=O)Cc4ccccn4)CC3)cc2)c1. The summed E-state index contributed by atoms with van der Waals surface area (Å²) in [5, 5.41) is 3.07. The summed E-state index contributed by atoms with van der Waals surface area (Å²) in [7, 11) is 1.65. The minimum absolute atomic E-state index is 0.0263. The minimum Gasteiger partial charge on any atom is -0.497 e. The van der Waals surface area contributed by atoms with Crippen LogP contribution in [-0.4, -0.2) is 47.9 Å². The van der Waals surface area contributed by atoms with Gasteiger partial charge in [-0.2, -0.15) is 0 Å². The highest BCUT2D eigenvalue weighted by Crippen LogP contribution is 2.24. The van der Waals surface area contributed by atoms with Crippen molar-refractivity contribution in [3.63, 3.8) is 0 Å². The lowest BCUT2D eigenvalue weighted by Crippen LogP contribution is -2.46. The molecule has 1 fully saturated rings. The Hall–Kier alpha value is -3.67.